The molecular formula is C28H33N7O3S. The van der Waals surface area contributed by atoms with Crippen molar-refractivity contribution in [1.29, 1.82) is 0 Å². The van der Waals surface area contributed by atoms with Crippen molar-refractivity contribution in [3.05, 3.63) is 58.6 Å². The molecule has 0 spiro atoms. The number of hydrogen-bond donors (Lipinski definition) is 3. The number of amides is 1. The smallest absolute Gasteiger partial charge is 0.257 e. The molecular weight excluding hydrogens is 514 g/mol. The van der Waals surface area contributed by atoms with Crippen LogP contribution in [0, 0.1) is 6.92 Å². The molecule has 1 fully saturated rings. The van der Waals surface area contributed by atoms with Gasteiger partial charge in [-0.05, 0) is 63.0 Å². The predicted octanol–water partition coefficient (Wildman–Crippen LogP) is 4.51. The summed E-state index contributed by atoms with van der Waals surface area (Å²) in [5, 5.41) is 19.9. The van der Waals surface area contributed by atoms with Crippen LogP contribution in [0.25, 0.3) is 10.2 Å². The number of hydrogen-bond acceptors (Lipinski definition) is 10. The van der Waals surface area contributed by atoms with E-state index in [1.807, 2.05) is 35.4 Å². The Balaban J connectivity index is 1.43. The van der Waals surface area contributed by atoms with Crippen LogP contribution >= 0.6 is 11.3 Å². The van der Waals surface area contributed by atoms with E-state index in [1.54, 1.807) is 39.2 Å². The lowest BCUT2D eigenvalue weighted by molar-refractivity contribution is 0.0660. The Labute approximate surface area is 231 Å². The highest BCUT2D eigenvalue weighted by molar-refractivity contribution is 7.17. The number of carbonyl (C=O) groups excluding carboxylic acids is 1. The van der Waals surface area contributed by atoms with E-state index in [0.29, 0.717) is 53.4 Å². The highest BCUT2D eigenvalue weighted by atomic mass is 32.1. The van der Waals surface area contributed by atoms with Gasteiger partial charge >= 0.3 is 0 Å². The number of fused-ring (bicyclic) bond motifs is 1. The molecule has 1 aliphatic heterocycles. The van der Waals surface area contributed by atoms with Crippen molar-refractivity contribution in [2.24, 2.45) is 0 Å². The molecule has 1 aliphatic rings. The summed E-state index contributed by atoms with van der Waals surface area (Å²) in [6.07, 6.45) is 0. The number of pyridine rings is 1. The minimum atomic E-state index is -1.07. The lowest BCUT2D eigenvalue weighted by Gasteiger charge is -2.32. The Hall–Kier alpha value is -3.80. The molecule has 5 rings (SSSR count). The molecule has 11 heteroatoms. The zero-order chi connectivity index (χ0) is 27.7. The number of aryl methyl sites for hydroxylation is 1. The first-order chi connectivity index (χ1) is 18.6. The Morgan fingerprint density at radius 2 is 1.85 bits per heavy atom. The summed E-state index contributed by atoms with van der Waals surface area (Å²) in [6, 6.07) is 10.9. The summed E-state index contributed by atoms with van der Waals surface area (Å²) in [4.78, 5) is 32.1. The molecule has 1 aromatic carbocycles. The standard InChI is InChI=1S/C28H33N7O3S/c1-17-16-39-25-23(17)24(31-22-8-6-7-21(30-22)28(2,3)37)32-27(33-25)29-18-9-10-19(20(15-18)38-5)26(36)35-13-11-34(4)12-14-35/h6-10,15-16,37H,11-14H2,1-5H3,(H2,29,30,31,32,33). The number of benzene rings is 1. The second-order valence-electron chi connectivity index (χ2n) is 10.2. The Kier molecular flexibility index (Phi) is 7.39. The van der Waals surface area contributed by atoms with Gasteiger partial charge in [-0.3, -0.25) is 4.79 Å². The Morgan fingerprint density at radius 3 is 2.56 bits per heavy atom. The maximum Gasteiger partial charge on any atom is 0.257 e. The van der Waals surface area contributed by atoms with E-state index < -0.39 is 5.60 Å². The summed E-state index contributed by atoms with van der Waals surface area (Å²) in [6.45, 7) is 8.50. The van der Waals surface area contributed by atoms with Crippen LogP contribution in [-0.4, -0.2) is 76.1 Å². The van der Waals surface area contributed by atoms with Crippen LogP contribution in [-0.2, 0) is 5.60 Å². The second kappa shape index (κ2) is 10.8. The molecule has 0 saturated carbocycles. The molecule has 0 unspecified atom stereocenters. The molecule has 0 radical (unpaired) electrons. The average molecular weight is 548 g/mol. The molecule has 204 valence electrons. The van der Waals surface area contributed by atoms with Gasteiger partial charge in [0.1, 0.15) is 27.8 Å². The Bertz CT molecular complexity index is 1510. The zero-order valence-corrected chi connectivity index (χ0v) is 23.6. The van der Waals surface area contributed by atoms with E-state index in [4.69, 9.17) is 14.7 Å². The molecule has 0 aliphatic carbocycles. The van der Waals surface area contributed by atoms with Crippen LogP contribution in [0.5, 0.6) is 5.75 Å². The lowest BCUT2D eigenvalue weighted by atomic mass is 10.1. The minimum Gasteiger partial charge on any atom is -0.496 e. The monoisotopic (exact) mass is 547 g/mol. The SMILES string of the molecule is COc1cc(Nc2nc(Nc3cccc(C(C)(C)O)n3)c3c(C)csc3n2)ccc1C(=O)N1CCN(C)CC1. The number of rotatable bonds is 7. The van der Waals surface area contributed by atoms with E-state index in [1.165, 1.54) is 11.3 Å². The van der Waals surface area contributed by atoms with Gasteiger partial charge in [-0.15, -0.1) is 11.3 Å². The van der Waals surface area contributed by atoms with Crippen LogP contribution in [0.15, 0.2) is 41.8 Å². The first kappa shape index (κ1) is 26.8. The van der Waals surface area contributed by atoms with Crippen molar-refractivity contribution < 1.29 is 14.6 Å². The number of nitrogens with one attached hydrogen (secondary N) is 2. The Morgan fingerprint density at radius 1 is 1.08 bits per heavy atom. The number of anilines is 4. The molecule has 10 nitrogen and oxygen atoms in total. The first-order valence-corrected chi connectivity index (χ1v) is 13.7. The van der Waals surface area contributed by atoms with Crippen LogP contribution in [0.2, 0.25) is 0 Å². The molecule has 4 aromatic rings. The van der Waals surface area contributed by atoms with Crippen molar-refractivity contribution in [2.75, 3.05) is 51.0 Å². The van der Waals surface area contributed by atoms with E-state index in [-0.39, 0.29) is 5.91 Å². The van der Waals surface area contributed by atoms with Gasteiger partial charge in [0, 0.05) is 37.9 Å². The quantitative estimate of drug-likeness (QED) is 0.307. The van der Waals surface area contributed by atoms with Crippen molar-refractivity contribution in [1.82, 2.24) is 24.8 Å². The van der Waals surface area contributed by atoms with Gasteiger partial charge in [0.25, 0.3) is 5.91 Å². The third kappa shape index (κ3) is 5.80. The van der Waals surface area contributed by atoms with E-state index in [9.17, 15) is 9.90 Å². The zero-order valence-electron chi connectivity index (χ0n) is 22.8. The number of aliphatic hydroxyl groups is 1. The maximum absolute atomic E-state index is 13.2. The maximum atomic E-state index is 13.2. The summed E-state index contributed by atoms with van der Waals surface area (Å²) >= 11 is 1.53. The number of likely N-dealkylation sites (N-methyl/N-ethyl adjacent to an activating group) is 1. The molecule has 3 N–H and O–H groups in total. The van der Waals surface area contributed by atoms with Gasteiger partial charge in [0.05, 0.1) is 23.8 Å². The van der Waals surface area contributed by atoms with E-state index in [0.717, 1.165) is 28.9 Å². The molecule has 0 bridgehead atoms. The van der Waals surface area contributed by atoms with Gasteiger partial charge in [0.15, 0.2) is 0 Å². The summed E-state index contributed by atoms with van der Waals surface area (Å²) < 4.78 is 5.59. The van der Waals surface area contributed by atoms with Gasteiger partial charge in [-0.1, -0.05) is 6.07 Å². The van der Waals surface area contributed by atoms with Crippen LogP contribution in [0.1, 0.15) is 35.5 Å². The largest absolute Gasteiger partial charge is 0.496 e. The fourth-order valence-corrected chi connectivity index (χ4v) is 5.37. The van der Waals surface area contributed by atoms with Crippen molar-refractivity contribution >= 4 is 50.7 Å². The summed E-state index contributed by atoms with van der Waals surface area (Å²) in [7, 11) is 3.62. The van der Waals surface area contributed by atoms with Crippen molar-refractivity contribution in [3.63, 3.8) is 0 Å². The van der Waals surface area contributed by atoms with E-state index in [2.05, 4.69) is 27.6 Å². The number of thiophene rings is 1. The summed E-state index contributed by atoms with van der Waals surface area (Å²) in [5.41, 5.74) is 1.76. The van der Waals surface area contributed by atoms with Crippen molar-refractivity contribution in [3.8, 4) is 5.75 Å². The molecule has 1 saturated heterocycles. The molecule has 3 aromatic heterocycles. The minimum absolute atomic E-state index is 0.0366. The predicted molar refractivity (Wildman–Crippen MR) is 155 cm³/mol. The number of nitrogens with zero attached hydrogens (tertiary/aromatic N) is 5. The van der Waals surface area contributed by atoms with Gasteiger partial charge in [0.2, 0.25) is 5.95 Å². The molecule has 4 heterocycles. The molecule has 0 atom stereocenters. The lowest BCUT2D eigenvalue weighted by Crippen LogP contribution is -2.47. The second-order valence-corrected chi connectivity index (χ2v) is 11.1. The number of methoxy groups -OCH3 is 1. The number of aromatic nitrogens is 3. The normalized spacial score (nSPS) is 14.5. The highest BCUT2D eigenvalue weighted by Crippen LogP contribution is 2.34. The van der Waals surface area contributed by atoms with Crippen LogP contribution in [0.3, 0.4) is 0 Å². The molecule has 39 heavy (non-hydrogen) atoms. The number of carbonyl (C=O) groups is 1. The first-order valence-electron chi connectivity index (χ1n) is 12.8. The van der Waals surface area contributed by atoms with E-state index >= 15 is 0 Å². The van der Waals surface area contributed by atoms with Gasteiger partial charge < -0.3 is 30.3 Å². The fourth-order valence-electron chi connectivity index (χ4n) is 4.45. The average Bonchev–Trinajstić information content (AvgIpc) is 3.29. The van der Waals surface area contributed by atoms with Crippen LogP contribution in [0.4, 0.5) is 23.3 Å². The number of ether oxygens (including phenoxy) is 1. The molecule has 1 amide bonds. The third-order valence-electron chi connectivity index (χ3n) is 6.72. The van der Waals surface area contributed by atoms with Gasteiger partial charge in [-0.25, -0.2) is 9.97 Å². The third-order valence-corrected chi connectivity index (χ3v) is 7.71. The highest BCUT2D eigenvalue weighted by Gasteiger charge is 2.24. The topological polar surface area (TPSA) is 116 Å². The van der Waals surface area contributed by atoms with Gasteiger partial charge in [-0.2, -0.15) is 4.98 Å². The number of piperazine rings is 1. The summed E-state index contributed by atoms with van der Waals surface area (Å²) in [5.74, 6) is 2.02. The van der Waals surface area contributed by atoms with Crippen molar-refractivity contribution in [2.45, 2.75) is 26.4 Å². The fraction of sp³-hybridized carbons (Fsp3) is 0.357. The van der Waals surface area contributed by atoms with Crippen LogP contribution < -0.4 is 15.4 Å².